The van der Waals surface area contributed by atoms with E-state index < -0.39 is 28.1 Å². The predicted molar refractivity (Wildman–Crippen MR) is 74.9 cm³/mol. The summed E-state index contributed by atoms with van der Waals surface area (Å²) in [6, 6.07) is 1.68. The van der Waals surface area contributed by atoms with Crippen LogP contribution in [-0.4, -0.2) is 26.6 Å². The van der Waals surface area contributed by atoms with E-state index >= 15 is 0 Å². The smallest absolute Gasteiger partial charge is 0.104 e. The number of aromatic carboxylic acids is 1. The van der Waals surface area contributed by atoms with Gasteiger partial charge in [0.05, 0.1) is 16.6 Å². The molecule has 0 aliphatic heterocycles. The van der Waals surface area contributed by atoms with E-state index in [9.17, 15) is 15.1 Å². The first-order valence-corrected chi connectivity index (χ1v) is 5.82. The van der Waals surface area contributed by atoms with Gasteiger partial charge in [0, 0.05) is 17.3 Å². The number of carbonyl (C=O) groups is 1. The lowest BCUT2D eigenvalue weighted by molar-refractivity contribution is -0.255. The van der Waals surface area contributed by atoms with E-state index in [-0.39, 0.29) is 10.8 Å². The maximum absolute atomic E-state index is 11.1. The average molecular weight is 313 g/mol. The normalized spacial score (nSPS) is 10.5. The van der Waals surface area contributed by atoms with E-state index in [1.807, 2.05) is 0 Å². The lowest BCUT2D eigenvalue weighted by Crippen LogP contribution is -2.25. The molecule has 0 amide bonds. The molecule has 21 heavy (non-hydrogen) atoms. The maximum atomic E-state index is 11.1. The van der Waals surface area contributed by atoms with Gasteiger partial charge in [-0.3, -0.25) is 15.6 Å². The molecule has 9 nitrogen and oxygen atoms in total. The van der Waals surface area contributed by atoms with Crippen LogP contribution in [0.3, 0.4) is 0 Å². The fourth-order valence-electron chi connectivity index (χ4n) is 1.49. The molecule has 0 heterocycles. The van der Waals surface area contributed by atoms with Crippen molar-refractivity contribution in [2.75, 3.05) is 10.5 Å². The monoisotopic (exact) mass is 313 g/mol. The van der Waals surface area contributed by atoms with Gasteiger partial charge in [0.1, 0.15) is 5.69 Å². The Morgan fingerprint density at radius 1 is 1.38 bits per heavy atom. The third kappa shape index (κ3) is 4.37. The molecule has 0 radical (unpaired) electrons. The minimum absolute atomic E-state index is 0.172. The van der Waals surface area contributed by atoms with Gasteiger partial charge in [0.2, 0.25) is 0 Å². The molecule has 114 valence electrons. The van der Waals surface area contributed by atoms with Gasteiger partial charge in [-0.1, -0.05) is 12.2 Å². The Hall–Kier alpha value is -2.24. The van der Waals surface area contributed by atoms with Crippen molar-refractivity contribution in [3.8, 4) is 0 Å². The molecule has 0 saturated heterocycles. The lowest BCUT2D eigenvalue weighted by atomic mass is 10.0. The summed E-state index contributed by atoms with van der Waals surface area (Å²) >= 11 is 4.75. The predicted octanol–water partition coefficient (Wildman–Crippen LogP) is 0.236. The van der Waals surface area contributed by atoms with Crippen LogP contribution in [-0.2, 0) is 0 Å². The number of nitrogens with zero attached hydrogens (tertiary/aromatic N) is 2. The van der Waals surface area contributed by atoms with Gasteiger partial charge in [-0.05, 0) is 25.1 Å². The van der Waals surface area contributed by atoms with Crippen molar-refractivity contribution in [1.82, 2.24) is 5.32 Å². The van der Waals surface area contributed by atoms with Crippen molar-refractivity contribution in [1.29, 1.82) is 0 Å². The summed E-state index contributed by atoms with van der Waals surface area (Å²) in [6.07, 6.45) is 2.46. The van der Waals surface area contributed by atoms with Crippen molar-refractivity contribution in [3.63, 3.8) is 0 Å². The van der Waals surface area contributed by atoms with Crippen LogP contribution in [0.4, 0.5) is 11.4 Å². The van der Waals surface area contributed by atoms with Crippen LogP contribution in [0.1, 0.15) is 22.8 Å². The summed E-state index contributed by atoms with van der Waals surface area (Å²) in [5.41, 5.74) is -1.69. The number of benzene rings is 1. The molecule has 0 aliphatic rings. The summed E-state index contributed by atoms with van der Waals surface area (Å²) in [6.45, 7) is 1.58. The number of anilines is 2. The molecule has 1 aromatic carbocycles. The SMILES string of the molecule is CC(=S)N/C=C/c1c(C(=O)[O-])cc(N([O-])O)cc1N(O)O. The Morgan fingerprint density at radius 3 is 2.43 bits per heavy atom. The number of hydrogen-bond donors (Lipinski definition) is 4. The molecule has 0 atom stereocenters. The molecule has 1 rings (SSSR count). The standard InChI is InChI=1S/C11H12N3O6S/c1-6(21)12-3-2-8-9(11(15)16)4-7(13(17)18)5-10(8)14(19)20/h2-5,17,19-20H,1H3,(H,12,21)(H,15,16)/q-1/p-1/b3-2+. The molecular formula is C11H11N3O6S-2. The molecule has 0 aliphatic carbocycles. The third-order valence-corrected chi connectivity index (χ3v) is 2.45. The highest BCUT2D eigenvalue weighted by atomic mass is 32.1. The van der Waals surface area contributed by atoms with E-state index in [1.165, 1.54) is 12.3 Å². The Balaban J connectivity index is 3.46. The number of hydrogen-bond acceptors (Lipinski definition) is 9. The summed E-state index contributed by atoms with van der Waals surface area (Å²) in [5.74, 6) is -1.68. The largest absolute Gasteiger partial charge is 0.733 e. The van der Waals surface area contributed by atoms with Crippen molar-refractivity contribution in [3.05, 3.63) is 34.7 Å². The molecule has 4 N–H and O–H groups in total. The fraction of sp³-hybridized carbons (Fsp3) is 0.0909. The topological polar surface area (TPSA) is 142 Å². The number of rotatable bonds is 5. The molecule has 0 saturated carbocycles. The van der Waals surface area contributed by atoms with Gasteiger partial charge < -0.3 is 25.7 Å². The van der Waals surface area contributed by atoms with Gasteiger partial charge >= 0.3 is 0 Å². The van der Waals surface area contributed by atoms with Crippen LogP contribution in [0.25, 0.3) is 6.08 Å². The van der Waals surface area contributed by atoms with Crippen molar-refractivity contribution >= 4 is 40.6 Å². The van der Waals surface area contributed by atoms with Crippen LogP contribution in [0, 0.1) is 5.21 Å². The molecule has 0 unspecified atom stereocenters. The first kappa shape index (κ1) is 16.8. The quantitative estimate of drug-likeness (QED) is 0.441. The average Bonchev–Trinajstić information content (AvgIpc) is 2.37. The Kier molecular flexibility index (Phi) is 5.58. The second-order valence-corrected chi connectivity index (χ2v) is 4.42. The molecule has 0 aromatic heterocycles. The highest BCUT2D eigenvalue weighted by Crippen LogP contribution is 2.29. The second kappa shape index (κ2) is 6.97. The van der Waals surface area contributed by atoms with Crippen molar-refractivity contribution in [2.24, 2.45) is 0 Å². The minimum Gasteiger partial charge on any atom is -0.733 e. The van der Waals surface area contributed by atoms with Crippen LogP contribution in [0.2, 0.25) is 0 Å². The molecular weight excluding hydrogens is 302 g/mol. The number of carbonyl (C=O) groups excluding carboxylic acids is 1. The van der Waals surface area contributed by atoms with Gasteiger partial charge in [-0.2, -0.15) is 0 Å². The number of carboxylic acids is 1. The van der Waals surface area contributed by atoms with E-state index in [2.05, 4.69) is 5.32 Å². The van der Waals surface area contributed by atoms with E-state index in [4.69, 9.17) is 27.8 Å². The Bertz CT molecular complexity index is 588. The van der Waals surface area contributed by atoms with E-state index in [0.29, 0.717) is 4.99 Å². The highest BCUT2D eigenvalue weighted by molar-refractivity contribution is 7.80. The van der Waals surface area contributed by atoms with Crippen LogP contribution in [0.5, 0.6) is 0 Å². The third-order valence-electron chi connectivity index (χ3n) is 2.34. The van der Waals surface area contributed by atoms with Crippen molar-refractivity contribution in [2.45, 2.75) is 6.92 Å². The molecule has 0 bridgehead atoms. The molecule has 1 aromatic rings. The van der Waals surface area contributed by atoms with E-state index in [0.717, 1.165) is 12.1 Å². The Morgan fingerprint density at radius 2 is 2.00 bits per heavy atom. The summed E-state index contributed by atoms with van der Waals surface area (Å²) in [5, 5.41) is 50.6. The van der Waals surface area contributed by atoms with Crippen LogP contribution in [0.15, 0.2) is 18.3 Å². The molecule has 10 heteroatoms. The molecule has 0 spiro atoms. The van der Waals surface area contributed by atoms with Crippen LogP contribution < -0.4 is 20.9 Å². The lowest BCUT2D eigenvalue weighted by Gasteiger charge is -2.25. The number of thiocarbonyl (C=S) groups is 1. The second-order valence-electron chi connectivity index (χ2n) is 3.81. The maximum Gasteiger partial charge on any atom is 0.104 e. The summed E-state index contributed by atoms with van der Waals surface area (Å²) in [4.78, 5) is 11.5. The number of nitrogens with one attached hydrogen (secondary N) is 1. The van der Waals surface area contributed by atoms with Crippen molar-refractivity contribution < 1.29 is 25.5 Å². The first-order chi connectivity index (χ1) is 9.73. The van der Waals surface area contributed by atoms with Gasteiger partial charge in [-0.25, -0.2) is 0 Å². The zero-order chi connectivity index (χ0) is 16.2. The zero-order valence-electron chi connectivity index (χ0n) is 10.7. The van der Waals surface area contributed by atoms with Gasteiger partial charge in [0.25, 0.3) is 0 Å². The summed E-state index contributed by atoms with van der Waals surface area (Å²) in [7, 11) is 0. The van der Waals surface area contributed by atoms with Crippen LogP contribution >= 0.6 is 12.2 Å². The zero-order valence-corrected chi connectivity index (χ0v) is 11.5. The number of carboxylic acid groups (broad SMARTS) is 1. The first-order valence-electron chi connectivity index (χ1n) is 5.41. The minimum atomic E-state index is -1.68. The van der Waals surface area contributed by atoms with Gasteiger partial charge in [-0.15, -0.1) is 5.23 Å². The highest BCUT2D eigenvalue weighted by Gasteiger charge is 2.14. The van der Waals surface area contributed by atoms with E-state index in [1.54, 1.807) is 6.92 Å². The van der Waals surface area contributed by atoms with Gasteiger partial charge in [0.15, 0.2) is 0 Å². The summed E-state index contributed by atoms with van der Waals surface area (Å²) < 4.78 is 0. The Labute approximate surface area is 124 Å². The fourth-order valence-corrected chi connectivity index (χ4v) is 1.55. The molecule has 0 fully saturated rings.